The van der Waals surface area contributed by atoms with Crippen LogP contribution in [0.25, 0.3) is 11.5 Å². The Morgan fingerprint density at radius 2 is 2.09 bits per heavy atom. The molecule has 0 saturated carbocycles. The van der Waals surface area contributed by atoms with Gasteiger partial charge in [-0.1, -0.05) is 0 Å². The summed E-state index contributed by atoms with van der Waals surface area (Å²) in [5.74, 6) is 0.878. The van der Waals surface area contributed by atoms with Gasteiger partial charge >= 0.3 is 0 Å². The number of primary amides is 1. The van der Waals surface area contributed by atoms with E-state index in [9.17, 15) is 9.59 Å². The molecule has 3 rings (SSSR count). The Labute approximate surface area is 127 Å². The van der Waals surface area contributed by atoms with Crippen molar-refractivity contribution in [1.29, 1.82) is 0 Å². The number of likely N-dealkylation sites (tertiary alicyclic amines) is 1. The third kappa shape index (κ3) is 2.74. The zero-order valence-corrected chi connectivity index (χ0v) is 12.3. The Balaban J connectivity index is 1.69. The quantitative estimate of drug-likeness (QED) is 0.891. The van der Waals surface area contributed by atoms with Gasteiger partial charge < -0.3 is 15.1 Å². The highest BCUT2D eigenvalue weighted by Crippen LogP contribution is 2.22. The van der Waals surface area contributed by atoms with Crippen LogP contribution in [0.1, 0.15) is 29.1 Å². The van der Waals surface area contributed by atoms with E-state index in [0.717, 1.165) is 5.76 Å². The van der Waals surface area contributed by atoms with E-state index in [1.807, 2.05) is 19.1 Å². The molecule has 1 aliphatic rings. The number of piperidine rings is 1. The Morgan fingerprint density at radius 1 is 1.36 bits per heavy atom. The van der Waals surface area contributed by atoms with E-state index >= 15 is 0 Å². The molecule has 0 atom stereocenters. The summed E-state index contributed by atoms with van der Waals surface area (Å²) in [6, 6.07) is 5.36. The van der Waals surface area contributed by atoms with Crippen LogP contribution in [0.5, 0.6) is 0 Å². The fourth-order valence-electron chi connectivity index (χ4n) is 2.67. The third-order valence-electron chi connectivity index (χ3n) is 3.99. The first-order chi connectivity index (χ1) is 10.5. The lowest BCUT2D eigenvalue weighted by Gasteiger charge is -2.29. The maximum atomic E-state index is 12.4. The van der Waals surface area contributed by atoms with Crippen molar-refractivity contribution in [1.82, 2.24) is 15.1 Å². The number of furan rings is 1. The van der Waals surface area contributed by atoms with Gasteiger partial charge in [0.2, 0.25) is 5.91 Å². The van der Waals surface area contributed by atoms with Gasteiger partial charge in [-0.2, -0.15) is 5.10 Å². The first-order valence-corrected chi connectivity index (χ1v) is 7.25. The number of aromatic nitrogens is 2. The highest BCUT2D eigenvalue weighted by Gasteiger charge is 2.27. The van der Waals surface area contributed by atoms with E-state index < -0.39 is 0 Å². The first-order valence-electron chi connectivity index (χ1n) is 7.25. The van der Waals surface area contributed by atoms with Crippen LogP contribution >= 0.6 is 0 Å². The van der Waals surface area contributed by atoms with Gasteiger partial charge in [-0.25, -0.2) is 0 Å². The molecular weight excluding hydrogens is 284 g/mol. The van der Waals surface area contributed by atoms with Crippen LogP contribution in [-0.2, 0) is 4.79 Å². The van der Waals surface area contributed by atoms with Crippen molar-refractivity contribution in [3.05, 3.63) is 29.7 Å². The van der Waals surface area contributed by atoms with Gasteiger partial charge in [0.1, 0.15) is 11.5 Å². The molecule has 0 unspecified atom stereocenters. The fraction of sp³-hybridized carbons (Fsp3) is 0.400. The smallest absolute Gasteiger partial charge is 0.274 e. The third-order valence-corrected chi connectivity index (χ3v) is 3.99. The van der Waals surface area contributed by atoms with E-state index in [1.54, 1.807) is 11.0 Å². The van der Waals surface area contributed by atoms with Gasteiger partial charge in [0.05, 0.1) is 0 Å². The Bertz CT molecular complexity index is 695. The van der Waals surface area contributed by atoms with Gasteiger partial charge in [0, 0.05) is 25.1 Å². The Kier molecular flexibility index (Phi) is 3.70. The van der Waals surface area contributed by atoms with Crippen LogP contribution in [0.3, 0.4) is 0 Å². The molecule has 7 heteroatoms. The van der Waals surface area contributed by atoms with Crippen molar-refractivity contribution in [2.75, 3.05) is 13.1 Å². The minimum absolute atomic E-state index is 0.134. The zero-order chi connectivity index (χ0) is 15.7. The second kappa shape index (κ2) is 5.67. The summed E-state index contributed by atoms with van der Waals surface area (Å²) in [6.45, 7) is 2.90. The number of hydrogen-bond donors (Lipinski definition) is 2. The molecule has 3 heterocycles. The van der Waals surface area contributed by atoms with Crippen molar-refractivity contribution >= 4 is 11.8 Å². The Morgan fingerprint density at radius 3 is 2.68 bits per heavy atom. The van der Waals surface area contributed by atoms with E-state index in [4.69, 9.17) is 10.2 Å². The molecule has 1 aliphatic heterocycles. The molecule has 1 saturated heterocycles. The molecule has 2 aromatic heterocycles. The number of nitrogens with zero attached hydrogens (tertiary/aromatic N) is 2. The topological polar surface area (TPSA) is 105 Å². The predicted molar refractivity (Wildman–Crippen MR) is 78.8 cm³/mol. The molecule has 116 valence electrons. The van der Waals surface area contributed by atoms with E-state index in [0.29, 0.717) is 43.1 Å². The van der Waals surface area contributed by atoms with Crippen LogP contribution in [0.2, 0.25) is 0 Å². The number of H-pyrrole nitrogens is 1. The Hall–Kier alpha value is -2.57. The molecular formula is C15H18N4O3. The number of carbonyl (C=O) groups excluding carboxylic acids is 2. The van der Waals surface area contributed by atoms with E-state index in [-0.39, 0.29) is 17.7 Å². The largest absolute Gasteiger partial charge is 0.460 e. The lowest BCUT2D eigenvalue weighted by molar-refractivity contribution is -0.123. The number of nitrogens with two attached hydrogens (primary N) is 1. The van der Waals surface area contributed by atoms with Crippen molar-refractivity contribution in [2.24, 2.45) is 11.7 Å². The lowest BCUT2D eigenvalue weighted by atomic mass is 9.96. The second-order valence-corrected chi connectivity index (χ2v) is 5.55. The lowest BCUT2D eigenvalue weighted by Crippen LogP contribution is -2.41. The summed E-state index contributed by atoms with van der Waals surface area (Å²) < 4.78 is 5.50. The molecule has 0 aromatic carbocycles. The average Bonchev–Trinajstić information content (AvgIpc) is 3.15. The van der Waals surface area contributed by atoms with Crippen molar-refractivity contribution in [3.8, 4) is 11.5 Å². The number of aromatic amines is 1. The number of carbonyl (C=O) groups is 2. The summed E-state index contributed by atoms with van der Waals surface area (Å²) in [5.41, 5.74) is 6.32. The predicted octanol–water partition coefficient (Wildman–Crippen LogP) is 1.32. The first kappa shape index (κ1) is 14.4. The standard InChI is InChI=1S/C15H18N4O3/c1-9-2-3-13(22-9)11-8-12(18-17-11)15(21)19-6-4-10(5-7-19)14(16)20/h2-3,8,10H,4-7H2,1H3,(H2,16,20)(H,17,18). The number of nitrogens with one attached hydrogen (secondary N) is 1. The van der Waals surface area contributed by atoms with E-state index in [1.165, 1.54) is 0 Å². The maximum Gasteiger partial charge on any atom is 0.274 e. The molecule has 0 aliphatic carbocycles. The molecule has 22 heavy (non-hydrogen) atoms. The monoisotopic (exact) mass is 302 g/mol. The summed E-state index contributed by atoms with van der Waals surface area (Å²) in [7, 11) is 0. The molecule has 0 bridgehead atoms. The number of hydrogen-bond acceptors (Lipinski definition) is 4. The molecule has 0 radical (unpaired) electrons. The van der Waals surface area contributed by atoms with Gasteiger partial charge in [-0.05, 0) is 31.9 Å². The second-order valence-electron chi connectivity index (χ2n) is 5.55. The number of aryl methyl sites for hydroxylation is 1. The van der Waals surface area contributed by atoms with E-state index in [2.05, 4.69) is 10.2 Å². The fourth-order valence-corrected chi connectivity index (χ4v) is 2.67. The number of amides is 2. The molecule has 3 N–H and O–H groups in total. The van der Waals surface area contributed by atoms with Gasteiger partial charge in [0.15, 0.2) is 11.5 Å². The van der Waals surface area contributed by atoms with Crippen molar-refractivity contribution < 1.29 is 14.0 Å². The van der Waals surface area contributed by atoms with Gasteiger partial charge in [-0.3, -0.25) is 14.7 Å². The molecule has 0 spiro atoms. The van der Waals surface area contributed by atoms with Crippen LogP contribution < -0.4 is 5.73 Å². The minimum Gasteiger partial charge on any atom is -0.460 e. The summed E-state index contributed by atoms with van der Waals surface area (Å²) >= 11 is 0. The molecule has 2 aromatic rings. The maximum absolute atomic E-state index is 12.4. The number of rotatable bonds is 3. The minimum atomic E-state index is -0.289. The highest BCUT2D eigenvalue weighted by atomic mass is 16.3. The molecule has 2 amide bonds. The SMILES string of the molecule is Cc1ccc(-c2cc(C(=O)N3CCC(C(N)=O)CC3)n[nH]2)o1. The molecule has 7 nitrogen and oxygen atoms in total. The van der Waals surface area contributed by atoms with Crippen molar-refractivity contribution in [3.63, 3.8) is 0 Å². The van der Waals surface area contributed by atoms with Crippen LogP contribution in [0.4, 0.5) is 0 Å². The summed E-state index contributed by atoms with van der Waals surface area (Å²) in [6.07, 6.45) is 1.21. The average molecular weight is 302 g/mol. The summed E-state index contributed by atoms with van der Waals surface area (Å²) in [4.78, 5) is 25.3. The van der Waals surface area contributed by atoms with Crippen LogP contribution in [0, 0.1) is 12.8 Å². The highest BCUT2D eigenvalue weighted by molar-refractivity contribution is 5.93. The zero-order valence-electron chi connectivity index (χ0n) is 12.3. The van der Waals surface area contributed by atoms with Crippen LogP contribution in [0.15, 0.2) is 22.6 Å². The normalized spacial score (nSPS) is 16.0. The summed E-state index contributed by atoms with van der Waals surface area (Å²) in [5, 5.41) is 6.88. The van der Waals surface area contributed by atoms with Crippen molar-refractivity contribution in [2.45, 2.75) is 19.8 Å². The van der Waals surface area contributed by atoms with Gasteiger partial charge in [0.25, 0.3) is 5.91 Å². The molecule has 1 fully saturated rings. The van der Waals surface area contributed by atoms with Gasteiger partial charge in [-0.15, -0.1) is 0 Å². The van der Waals surface area contributed by atoms with Crippen LogP contribution in [-0.4, -0.2) is 40.0 Å².